The molecule has 15 heavy (non-hydrogen) atoms. The molecule has 4 heteroatoms. The molecule has 1 aromatic heterocycles. The minimum absolute atomic E-state index is 0.0602. The van der Waals surface area contributed by atoms with Gasteiger partial charge in [-0.3, -0.25) is 4.79 Å². The number of Topliss-reactive ketones (excluding diaryl/α,β-unsaturated/α-hetero) is 1. The summed E-state index contributed by atoms with van der Waals surface area (Å²) in [5.74, 6) is 1.98. The molecule has 1 heterocycles. The van der Waals surface area contributed by atoms with E-state index >= 15 is 0 Å². The summed E-state index contributed by atoms with van der Waals surface area (Å²) in [6.45, 7) is 5.76. The van der Waals surface area contributed by atoms with Crippen LogP contribution in [0.3, 0.4) is 0 Å². The van der Waals surface area contributed by atoms with Gasteiger partial charge in [0.25, 0.3) is 0 Å². The number of aromatic nitrogens is 2. The predicted octanol–water partition coefficient (Wildman–Crippen LogP) is 2.74. The molecule has 1 atom stereocenters. The molecule has 1 fully saturated rings. The van der Waals surface area contributed by atoms with Crippen molar-refractivity contribution < 1.29 is 4.79 Å². The Hall–Kier alpha value is -0.770. The Morgan fingerprint density at radius 2 is 2.13 bits per heavy atom. The van der Waals surface area contributed by atoms with Crippen LogP contribution in [0.5, 0.6) is 0 Å². The molecule has 1 aliphatic carbocycles. The number of carbonyl (C=O) groups is 1. The van der Waals surface area contributed by atoms with Gasteiger partial charge >= 0.3 is 0 Å². The lowest BCUT2D eigenvalue weighted by Gasteiger charge is -2.13. The van der Waals surface area contributed by atoms with Gasteiger partial charge in [0.15, 0.2) is 0 Å². The molecule has 0 saturated heterocycles. The van der Waals surface area contributed by atoms with Crippen LogP contribution in [0.4, 0.5) is 0 Å². The van der Waals surface area contributed by atoms with E-state index in [0.717, 1.165) is 10.8 Å². The first kappa shape index (κ1) is 10.7. The molecular weight excluding hydrogens is 208 g/mol. The zero-order valence-corrected chi connectivity index (χ0v) is 10.2. The number of hydrogen-bond acceptors (Lipinski definition) is 4. The molecule has 0 radical (unpaired) electrons. The number of nitrogens with zero attached hydrogens (tertiary/aromatic N) is 2. The van der Waals surface area contributed by atoms with Crippen molar-refractivity contribution >= 4 is 17.3 Å². The van der Waals surface area contributed by atoms with Gasteiger partial charge in [0.1, 0.15) is 16.6 Å². The molecule has 1 unspecified atom stereocenters. The van der Waals surface area contributed by atoms with Crippen LogP contribution >= 0.6 is 11.5 Å². The average molecular weight is 224 g/mol. The Balaban J connectivity index is 2.21. The summed E-state index contributed by atoms with van der Waals surface area (Å²) in [5.41, 5.74) is 0. The molecule has 82 valence electrons. The van der Waals surface area contributed by atoms with Crippen molar-refractivity contribution in [3.05, 3.63) is 10.8 Å². The highest BCUT2D eigenvalue weighted by Crippen LogP contribution is 2.40. The fourth-order valence-electron chi connectivity index (χ4n) is 1.81. The van der Waals surface area contributed by atoms with Crippen molar-refractivity contribution in [3.8, 4) is 0 Å². The van der Waals surface area contributed by atoms with E-state index in [9.17, 15) is 4.79 Å². The first-order valence-corrected chi connectivity index (χ1v) is 6.21. The van der Waals surface area contributed by atoms with E-state index in [1.54, 1.807) is 6.92 Å². The molecule has 2 rings (SSSR count). The monoisotopic (exact) mass is 224 g/mol. The largest absolute Gasteiger partial charge is 0.299 e. The average Bonchev–Trinajstić information content (AvgIpc) is 2.87. The Bertz CT molecular complexity index is 368. The van der Waals surface area contributed by atoms with E-state index < -0.39 is 0 Å². The molecule has 0 amide bonds. The molecule has 1 saturated carbocycles. The summed E-state index contributed by atoms with van der Waals surface area (Å²) in [6.07, 6.45) is 2.42. The fraction of sp³-hybridized carbons (Fsp3) is 0.727. The molecule has 0 N–H and O–H groups in total. The van der Waals surface area contributed by atoms with Crippen LogP contribution in [0.1, 0.15) is 56.3 Å². The predicted molar refractivity (Wildman–Crippen MR) is 60.1 cm³/mol. The van der Waals surface area contributed by atoms with Crippen LogP contribution < -0.4 is 0 Å². The summed E-state index contributed by atoms with van der Waals surface area (Å²) in [5, 5.41) is 0.902. The molecule has 0 aromatic carbocycles. The van der Waals surface area contributed by atoms with E-state index in [1.807, 2.05) is 0 Å². The van der Waals surface area contributed by atoms with E-state index in [1.165, 1.54) is 24.4 Å². The highest BCUT2D eigenvalue weighted by Gasteiger charge is 2.30. The third-order valence-electron chi connectivity index (χ3n) is 2.77. The maximum absolute atomic E-state index is 11.5. The number of carbonyl (C=O) groups excluding carboxylic acids is 1. The molecule has 1 aliphatic rings. The van der Waals surface area contributed by atoms with Gasteiger partial charge in [-0.05, 0) is 37.2 Å². The maximum Gasteiger partial charge on any atom is 0.145 e. The van der Waals surface area contributed by atoms with Gasteiger partial charge in [0.2, 0.25) is 0 Å². The molecule has 0 spiro atoms. The second kappa shape index (κ2) is 4.00. The molecule has 1 aromatic rings. The Morgan fingerprint density at radius 3 is 2.60 bits per heavy atom. The topological polar surface area (TPSA) is 42.9 Å². The molecular formula is C11H16N2OS. The van der Waals surface area contributed by atoms with Gasteiger partial charge in [-0.1, -0.05) is 13.8 Å². The van der Waals surface area contributed by atoms with Crippen molar-refractivity contribution in [2.45, 2.75) is 45.4 Å². The Kier molecular flexibility index (Phi) is 2.87. The molecule has 0 bridgehead atoms. The summed E-state index contributed by atoms with van der Waals surface area (Å²) >= 11 is 1.40. The normalized spacial score (nSPS) is 18.1. The number of hydrogen-bond donors (Lipinski definition) is 0. The van der Waals surface area contributed by atoms with Crippen LogP contribution in [-0.4, -0.2) is 15.1 Å². The maximum atomic E-state index is 11.5. The summed E-state index contributed by atoms with van der Waals surface area (Å²) in [6, 6.07) is 0. The third-order valence-corrected chi connectivity index (χ3v) is 3.58. The first-order chi connectivity index (χ1) is 7.09. The van der Waals surface area contributed by atoms with Crippen LogP contribution in [0, 0.1) is 5.92 Å². The standard InChI is InChI=1S/C11H16N2OS/c1-6(2)9(7(3)14)11-12-10(13-15-11)8-4-5-8/h6,8-9H,4-5H2,1-3H3. The quantitative estimate of drug-likeness (QED) is 0.789. The zero-order chi connectivity index (χ0) is 11.0. The van der Waals surface area contributed by atoms with Crippen molar-refractivity contribution in [1.82, 2.24) is 9.36 Å². The lowest BCUT2D eigenvalue weighted by atomic mass is 9.93. The van der Waals surface area contributed by atoms with Crippen molar-refractivity contribution in [1.29, 1.82) is 0 Å². The van der Waals surface area contributed by atoms with Gasteiger partial charge in [0, 0.05) is 5.92 Å². The van der Waals surface area contributed by atoms with Crippen molar-refractivity contribution in [2.24, 2.45) is 5.92 Å². The van der Waals surface area contributed by atoms with Gasteiger partial charge in [0.05, 0.1) is 5.92 Å². The summed E-state index contributed by atoms with van der Waals surface area (Å²) in [4.78, 5) is 16.0. The fourth-order valence-corrected chi connectivity index (χ4v) is 2.87. The van der Waals surface area contributed by atoms with Crippen molar-refractivity contribution in [3.63, 3.8) is 0 Å². The third kappa shape index (κ3) is 2.25. The minimum atomic E-state index is -0.0602. The second-order valence-corrected chi connectivity index (χ2v) is 5.38. The number of ketones is 1. The molecule has 0 aliphatic heterocycles. The Labute approximate surface area is 94.1 Å². The SMILES string of the molecule is CC(=O)C(c1nc(C2CC2)ns1)C(C)C. The lowest BCUT2D eigenvalue weighted by Crippen LogP contribution is -2.15. The van der Waals surface area contributed by atoms with Crippen molar-refractivity contribution in [2.75, 3.05) is 0 Å². The van der Waals surface area contributed by atoms with E-state index in [4.69, 9.17) is 0 Å². The summed E-state index contributed by atoms with van der Waals surface area (Å²) < 4.78 is 4.34. The van der Waals surface area contributed by atoms with Gasteiger partial charge in [-0.25, -0.2) is 4.98 Å². The smallest absolute Gasteiger partial charge is 0.145 e. The summed E-state index contributed by atoms with van der Waals surface area (Å²) in [7, 11) is 0. The second-order valence-electron chi connectivity index (χ2n) is 4.60. The van der Waals surface area contributed by atoms with Gasteiger partial charge in [-0.2, -0.15) is 4.37 Å². The number of rotatable bonds is 4. The first-order valence-electron chi connectivity index (χ1n) is 5.43. The van der Waals surface area contributed by atoms with Crippen LogP contribution in [0.2, 0.25) is 0 Å². The highest BCUT2D eigenvalue weighted by atomic mass is 32.1. The van der Waals surface area contributed by atoms with Crippen LogP contribution in [0.25, 0.3) is 0 Å². The van der Waals surface area contributed by atoms with Crippen LogP contribution in [0.15, 0.2) is 0 Å². The Morgan fingerprint density at radius 1 is 1.47 bits per heavy atom. The van der Waals surface area contributed by atoms with E-state index in [0.29, 0.717) is 11.8 Å². The van der Waals surface area contributed by atoms with Crippen LogP contribution in [-0.2, 0) is 4.79 Å². The highest BCUT2D eigenvalue weighted by molar-refractivity contribution is 7.05. The van der Waals surface area contributed by atoms with E-state index in [-0.39, 0.29) is 11.7 Å². The zero-order valence-electron chi connectivity index (χ0n) is 9.36. The lowest BCUT2D eigenvalue weighted by molar-refractivity contribution is -0.119. The molecule has 3 nitrogen and oxygen atoms in total. The van der Waals surface area contributed by atoms with Gasteiger partial charge in [-0.15, -0.1) is 0 Å². The van der Waals surface area contributed by atoms with E-state index in [2.05, 4.69) is 23.2 Å². The van der Waals surface area contributed by atoms with Gasteiger partial charge < -0.3 is 0 Å². The minimum Gasteiger partial charge on any atom is -0.299 e.